The van der Waals surface area contributed by atoms with Crippen molar-refractivity contribution < 1.29 is 4.74 Å². The molecule has 4 aromatic rings. The zero-order valence-electron chi connectivity index (χ0n) is 15.4. The van der Waals surface area contributed by atoms with Crippen LogP contribution in [0.2, 0.25) is 0 Å². The molecule has 4 rings (SSSR count). The summed E-state index contributed by atoms with van der Waals surface area (Å²) >= 11 is 1.65. The average molecular weight is 375 g/mol. The van der Waals surface area contributed by atoms with Crippen LogP contribution in [0.5, 0.6) is 5.75 Å². The highest BCUT2D eigenvalue weighted by atomic mass is 32.1. The van der Waals surface area contributed by atoms with Crippen LogP contribution in [0.25, 0.3) is 21.3 Å². The van der Waals surface area contributed by atoms with Crippen molar-refractivity contribution in [1.29, 1.82) is 0 Å². The number of thiophene rings is 1. The maximum Gasteiger partial charge on any atom is 0.139 e. The fourth-order valence-electron chi connectivity index (χ4n) is 3.13. The Morgan fingerprint density at radius 2 is 1.78 bits per heavy atom. The molecule has 0 unspecified atom stereocenters. The SMILES string of the molecule is COc1ccc(-c2csc3nc(C)nc(NCCc4ccccc4)c23)cc1. The molecule has 2 heterocycles. The number of nitrogens with one attached hydrogen (secondary N) is 1. The van der Waals surface area contributed by atoms with Crippen molar-refractivity contribution in [3.05, 3.63) is 71.4 Å². The molecule has 0 saturated carbocycles. The topological polar surface area (TPSA) is 47.0 Å². The molecule has 27 heavy (non-hydrogen) atoms. The standard InChI is InChI=1S/C22H21N3OS/c1-15-24-21(23-13-12-16-6-4-3-5-7-16)20-19(14-27-22(20)25-15)17-8-10-18(26-2)11-9-17/h3-11,14H,12-13H2,1-2H3,(H,23,24,25). The van der Waals surface area contributed by atoms with Crippen LogP contribution in [0.1, 0.15) is 11.4 Å². The van der Waals surface area contributed by atoms with E-state index >= 15 is 0 Å². The molecular weight excluding hydrogens is 354 g/mol. The van der Waals surface area contributed by atoms with Gasteiger partial charge in [0.05, 0.1) is 12.5 Å². The number of benzene rings is 2. The minimum atomic E-state index is 0.785. The molecule has 0 aliphatic carbocycles. The van der Waals surface area contributed by atoms with Gasteiger partial charge in [0.1, 0.15) is 22.2 Å². The van der Waals surface area contributed by atoms with Gasteiger partial charge < -0.3 is 10.1 Å². The maximum atomic E-state index is 5.27. The molecule has 0 spiro atoms. The van der Waals surface area contributed by atoms with E-state index in [1.807, 2.05) is 25.1 Å². The van der Waals surface area contributed by atoms with E-state index in [1.54, 1.807) is 18.4 Å². The molecule has 0 aliphatic rings. The molecule has 0 aliphatic heterocycles. The number of methoxy groups -OCH3 is 1. The largest absolute Gasteiger partial charge is 0.497 e. The van der Waals surface area contributed by atoms with Gasteiger partial charge in [-0.3, -0.25) is 0 Å². The van der Waals surface area contributed by atoms with E-state index < -0.39 is 0 Å². The molecule has 0 saturated heterocycles. The lowest BCUT2D eigenvalue weighted by Gasteiger charge is -2.10. The molecule has 0 atom stereocenters. The van der Waals surface area contributed by atoms with Crippen LogP contribution in [0.4, 0.5) is 5.82 Å². The van der Waals surface area contributed by atoms with Crippen LogP contribution >= 0.6 is 11.3 Å². The van der Waals surface area contributed by atoms with Gasteiger partial charge in [-0.25, -0.2) is 9.97 Å². The number of anilines is 1. The first-order chi connectivity index (χ1) is 13.2. The van der Waals surface area contributed by atoms with Gasteiger partial charge in [0.15, 0.2) is 0 Å². The molecule has 0 bridgehead atoms. The van der Waals surface area contributed by atoms with Gasteiger partial charge >= 0.3 is 0 Å². The Kier molecular flexibility index (Phi) is 5.03. The third kappa shape index (κ3) is 3.78. The first-order valence-corrected chi connectivity index (χ1v) is 9.80. The lowest BCUT2D eigenvalue weighted by Crippen LogP contribution is -2.08. The molecule has 0 radical (unpaired) electrons. The third-order valence-electron chi connectivity index (χ3n) is 4.50. The second kappa shape index (κ2) is 7.76. The Hall–Kier alpha value is -2.92. The summed E-state index contributed by atoms with van der Waals surface area (Å²) < 4.78 is 5.27. The molecule has 136 valence electrons. The molecule has 2 aromatic carbocycles. The van der Waals surface area contributed by atoms with E-state index in [-0.39, 0.29) is 0 Å². The highest BCUT2D eigenvalue weighted by Crippen LogP contribution is 2.37. The van der Waals surface area contributed by atoms with Gasteiger partial charge in [0.25, 0.3) is 0 Å². The van der Waals surface area contributed by atoms with E-state index in [0.717, 1.165) is 51.7 Å². The summed E-state index contributed by atoms with van der Waals surface area (Å²) in [5.41, 5.74) is 3.60. The summed E-state index contributed by atoms with van der Waals surface area (Å²) in [6, 6.07) is 18.6. The van der Waals surface area contributed by atoms with Gasteiger partial charge in [-0.05, 0) is 36.6 Å². The zero-order chi connectivity index (χ0) is 18.6. The molecule has 5 heteroatoms. The average Bonchev–Trinajstić information content (AvgIpc) is 3.12. The molecule has 2 aromatic heterocycles. The minimum absolute atomic E-state index is 0.785. The third-order valence-corrected chi connectivity index (χ3v) is 5.37. The van der Waals surface area contributed by atoms with E-state index in [1.165, 1.54) is 5.56 Å². The Morgan fingerprint density at radius 3 is 2.52 bits per heavy atom. The van der Waals surface area contributed by atoms with E-state index in [2.05, 4.69) is 57.1 Å². The lowest BCUT2D eigenvalue weighted by molar-refractivity contribution is 0.415. The normalized spacial score (nSPS) is 10.9. The summed E-state index contributed by atoms with van der Waals surface area (Å²) in [5, 5.41) is 6.77. The second-order valence-electron chi connectivity index (χ2n) is 6.34. The van der Waals surface area contributed by atoms with Crippen LogP contribution in [-0.2, 0) is 6.42 Å². The number of hydrogen-bond donors (Lipinski definition) is 1. The van der Waals surface area contributed by atoms with Gasteiger partial charge in [-0.2, -0.15) is 0 Å². The Morgan fingerprint density at radius 1 is 1.00 bits per heavy atom. The van der Waals surface area contributed by atoms with Crippen LogP contribution in [0, 0.1) is 6.92 Å². The molecule has 0 amide bonds. The summed E-state index contributed by atoms with van der Waals surface area (Å²) in [7, 11) is 1.68. The maximum absolute atomic E-state index is 5.27. The van der Waals surface area contributed by atoms with Crippen LogP contribution in [-0.4, -0.2) is 23.6 Å². The van der Waals surface area contributed by atoms with Crippen molar-refractivity contribution in [2.75, 3.05) is 19.0 Å². The first kappa shape index (κ1) is 17.5. The predicted molar refractivity (Wildman–Crippen MR) is 113 cm³/mol. The number of ether oxygens (including phenoxy) is 1. The number of rotatable bonds is 6. The fraction of sp³-hybridized carbons (Fsp3) is 0.182. The van der Waals surface area contributed by atoms with Crippen LogP contribution in [0.3, 0.4) is 0 Å². The minimum Gasteiger partial charge on any atom is -0.497 e. The van der Waals surface area contributed by atoms with E-state index in [0.29, 0.717) is 0 Å². The Balaban J connectivity index is 1.65. The van der Waals surface area contributed by atoms with E-state index in [4.69, 9.17) is 4.74 Å². The molecule has 4 nitrogen and oxygen atoms in total. The highest BCUT2D eigenvalue weighted by Gasteiger charge is 2.14. The van der Waals surface area contributed by atoms with Crippen LogP contribution < -0.4 is 10.1 Å². The lowest BCUT2D eigenvalue weighted by atomic mass is 10.1. The zero-order valence-corrected chi connectivity index (χ0v) is 16.2. The fourth-order valence-corrected chi connectivity index (χ4v) is 4.12. The second-order valence-corrected chi connectivity index (χ2v) is 7.20. The Labute approximate surface area is 162 Å². The number of hydrogen-bond acceptors (Lipinski definition) is 5. The van der Waals surface area contributed by atoms with Gasteiger partial charge in [-0.1, -0.05) is 42.5 Å². The monoisotopic (exact) mass is 375 g/mol. The summed E-state index contributed by atoms with van der Waals surface area (Å²) in [5.74, 6) is 2.54. The highest BCUT2D eigenvalue weighted by molar-refractivity contribution is 7.17. The van der Waals surface area contributed by atoms with Crippen molar-refractivity contribution in [2.24, 2.45) is 0 Å². The van der Waals surface area contributed by atoms with E-state index in [9.17, 15) is 0 Å². The van der Waals surface area contributed by atoms with Crippen LogP contribution in [0.15, 0.2) is 60.0 Å². The predicted octanol–water partition coefficient (Wildman–Crippen LogP) is 5.33. The number of aromatic nitrogens is 2. The van der Waals surface area contributed by atoms with Crippen molar-refractivity contribution in [3.63, 3.8) is 0 Å². The summed E-state index contributed by atoms with van der Waals surface area (Å²) in [4.78, 5) is 10.3. The number of aryl methyl sites for hydroxylation is 1. The van der Waals surface area contributed by atoms with Gasteiger partial charge in [-0.15, -0.1) is 11.3 Å². The first-order valence-electron chi connectivity index (χ1n) is 8.92. The number of nitrogens with zero attached hydrogens (tertiary/aromatic N) is 2. The van der Waals surface area contributed by atoms with Gasteiger partial charge in [0.2, 0.25) is 0 Å². The van der Waals surface area contributed by atoms with Crippen molar-refractivity contribution in [3.8, 4) is 16.9 Å². The van der Waals surface area contributed by atoms with Crippen molar-refractivity contribution >= 4 is 27.4 Å². The quantitative estimate of drug-likeness (QED) is 0.495. The summed E-state index contributed by atoms with van der Waals surface area (Å²) in [6.07, 6.45) is 0.952. The Bertz CT molecular complexity index is 1040. The molecule has 0 fully saturated rings. The molecule has 1 N–H and O–H groups in total. The van der Waals surface area contributed by atoms with Gasteiger partial charge in [0, 0.05) is 17.5 Å². The molecular formula is C22H21N3OS. The smallest absolute Gasteiger partial charge is 0.139 e. The van der Waals surface area contributed by atoms with Crippen molar-refractivity contribution in [1.82, 2.24) is 9.97 Å². The van der Waals surface area contributed by atoms with Crippen molar-refractivity contribution in [2.45, 2.75) is 13.3 Å². The summed E-state index contributed by atoms with van der Waals surface area (Å²) in [6.45, 7) is 2.77. The number of fused-ring (bicyclic) bond motifs is 1.